The van der Waals surface area contributed by atoms with Crippen LogP contribution in [-0.2, 0) is 0 Å². The van der Waals surface area contributed by atoms with Gasteiger partial charge >= 0.3 is 0 Å². The number of hydrogen-bond acceptors (Lipinski definition) is 3. The Labute approximate surface area is 92.4 Å². The first kappa shape index (κ1) is 10.2. The van der Waals surface area contributed by atoms with E-state index < -0.39 is 0 Å². The highest BCUT2D eigenvalue weighted by Gasteiger charge is 2.30. The lowest BCUT2D eigenvalue weighted by Crippen LogP contribution is -2.43. The van der Waals surface area contributed by atoms with Gasteiger partial charge in [0.25, 0.3) is 0 Å². The monoisotopic (exact) mass is 258 g/mol. The van der Waals surface area contributed by atoms with Crippen molar-refractivity contribution in [1.82, 2.24) is 4.90 Å². The van der Waals surface area contributed by atoms with Crippen LogP contribution in [0.3, 0.4) is 0 Å². The molecule has 0 aromatic carbocycles. The van der Waals surface area contributed by atoms with Crippen LogP contribution in [0.2, 0.25) is 0 Å². The molecule has 0 saturated carbocycles. The lowest BCUT2D eigenvalue weighted by atomic mass is 9.96. The van der Waals surface area contributed by atoms with Gasteiger partial charge in [-0.15, -0.1) is 0 Å². The Bertz CT molecular complexity index is 303. The number of rotatable bonds is 1. The van der Waals surface area contributed by atoms with Crippen molar-refractivity contribution in [2.75, 3.05) is 13.6 Å². The van der Waals surface area contributed by atoms with Gasteiger partial charge in [0, 0.05) is 6.04 Å². The topological polar surface area (TPSA) is 42.4 Å². The minimum absolute atomic E-state index is 0.187. The van der Waals surface area contributed by atoms with Gasteiger partial charge in [0.1, 0.15) is 5.76 Å². The normalized spacial score (nSPS) is 29.4. The minimum Gasteiger partial charge on any atom is -0.453 e. The Morgan fingerprint density at radius 3 is 2.93 bits per heavy atom. The first-order valence-electron chi connectivity index (χ1n) is 4.89. The Morgan fingerprint density at radius 2 is 2.36 bits per heavy atom. The van der Waals surface area contributed by atoms with Crippen LogP contribution in [-0.4, -0.2) is 24.5 Å². The Morgan fingerprint density at radius 1 is 1.57 bits per heavy atom. The van der Waals surface area contributed by atoms with Gasteiger partial charge in [-0.1, -0.05) is 0 Å². The zero-order valence-electron chi connectivity index (χ0n) is 8.24. The van der Waals surface area contributed by atoms with Crippen molar-refractivity contribution in [2.24, 2.45) is 5.73 Å². The maximum Gasteiger partial charge on any atom is 0.169 e. The van der Waals surface area contributed by atoms with Gasteiger partial charge < -0.3 is 10.2 Å². The molecule has 2 unspecified atom stereocenters. The predicted molar refractivity (Wildman–Crippen MR) is 59.0 cm³/mol. The molecule has 1 aliphatic heterocycles. The van der Waals surface area contributed by atoms with E-state index in [2.05, 4.69) is 27.9 Å². The quantitative estimate of drug-likeness (QED) is 0.840. The molecule has 4 heteroatoms. The summed E-state index contributed by atoms with van der Waals surface area (Å²) in [6.07, 6.45) is 2.25. The van der Waals surface area contributed by atoms with Gasteiger partial charge in [-0.25, -0.2) is 0 Å². The molecule has 2 heterocycles. The van der Waals surface area contributed by atoms with Crippen molar-refractivity contribution in [3.8, 4) is 0 Å². The summed E-state index contributed by atoms with van der Waals surface area (Å²) in [7, 11) is 2.10. The van der Waals surface area contributed by atoms with Crippen LogP contribution in [0.5, 0.6) is 0 Å². The number of piperidine rings is 1. The fraction of sp³-hybridized carbons (Fsp3) is 0.600. The van der Waals surface area contributed by atoms with E-state index in [-0.39, 0.29) is 12.1 Å². The maximum absolute atomic E-state index is 6.09. The van der Waals surface area contributed by atoms with Crippen molar-refractivity contribution in [2.45, 2.75) is 24.9 Å². The van der Waals surface area contributed by atoms with Crippen molar-refractivity contribution in [1.29, 1.82) is 0 Å². The number of nitrogens with two attached hydrogens (primary N) is 1. The summed E-state index contributed by atoms with van der Waals surface area (Å²) < 4.78 is 6.34. The molecule has 1 saturated heterocycles. The van der Waals surface area contributed by atoms with Crippen LogP contribution >= 0.6 is 15.9 Å². The molecule has 1 aromatic rings. The van der Waals surface area contributed by atoms with E-state index in [0.717, 1.165) is 23.4 Å². The van der Waals surface area contributed by atoms with E-state index in [0.29, 0.717) is 0 Å². The van der Waals surface area contributed by atoms with Crippen molar-refractivity contribution in [3.05, 3.63) is 22.6 Å². The average Bonchev–Trinajstić information content (AvgIpc) is 2.51. The molecule has 1 aliphatic rings. The van der Waals surface area contributed by atoms with E-state index in [4.69, 9.17) is 10.2 Å². The lowest BCUT2D eigenvalue weighted by molar-refractivity contribution is 0.140. The molecule has 0 spiro atoms. The molecule has 2 N–H and O–H groups in total. The summed E-state index contributed by atoms with van der Waals surface area (Å²) in [4.78, 5) is 2.26. The second-order valence-corrected chi connectivity index (χ2v) is 4.65. The van der Waals surface area contributed by atoms with Crippen molar-refractivity contribution >= 4 is 15.9 Å². The Hall–Kier alpha value is -0.320. The molecular weight excluding hydrogens is 244 g/mol. The highest BCUT2D eigenvalue weighted by Crippen LogP contribution is 2.31. The fourth-order valence-electron chi connectivity index (χ4n) is 2.12. The van der Waals surface area contributed by atoms with Gasteiger partial charge in [0.05, 0.1) is 6.04 Å². The number of likely N-dealkylation sites (tertiary alicyclic amines) is 1. The molecule has 0 bridgehead atoms. The SMILES string of the molecule is CN1CCCC(N)C1c1ccc(Br)o1. The van der Waals surface area contributed by atoms with Crippen LogP contribution < -0.4 is 5.73 Å². The first-order chi connectivity index (χ1) is 6.68. The number of hydrogen-bond donors (Lipinski definition) is 1. The second kappa shape index (κ2) is 4.04. The zero-order valence-corrected chi connectivity index (χ0v) is 9.83. The molecule has 3 nitrogen and oxygen atoms in total. The lowest BCUT2D eigenvalue weighted by Gasteiger charge is -2.35. The van der Waals surface area contributed by atoms with Crippen molar-refractivity contribution in [3.63, 3.8) is 0 Å². The third kappa shape index (κ3) is 1.87. The van der Waals surface area contributed by atoms with E-state index in [1.165, 1.54) is 6.42 Å². The summed E-state index contributed by atoms with van der Waals surface area (Å²) in [6, 6.07) is 4.34. The number of halogens is 1. The molecule has 0 aliphatic carbocycles. The molecule has 78 valence electrons. The Kier molecular flexibility index (Phi) is 2.95. The molecule has 2 atom stereocenters. The number of nitrogens with zero attached hydrogens (tertiary/aromatic N) is 1. The van der Waals surface area contributed by atoms with E-state index in [1.807, 2.05) is 12.1 Å². The third-order valence-corrected chi connectivity index (χ3v) is 3.24. The highest BCUT2D eigenvalue weighted by molar-refractivity contribution is 9.10. The number of likely N-dealkylation sites (N-methyl/N-ethyl adjacent to an activating group) is 1. The van der Waals surface area contributed by atoms with Crippen LogP contribution in [0.15, 0.2) is 21.2 Å². The summed E-state index contributed by atoms with van der Waals surface area (Å²) in [5.41, 5.74) is 6.09. The van der Waals surface area contributed by atoms with Crippen LogP contribution in [0.25, 0.3) is 0 Å². The minimum atomic E-state index is 0.187. The van der Waals surface area contributed by atoms with Gasteiger partial charge in [0.15, 0.2) is 4.67 Å². The predicted octanol–water partition coefficient (Wildman–Crippen LogP) is 2.14. The summed E-state index contributed by atoms with van der Waals surface area (Å²) in [5.74, 6) is 0.964. The maximum atomic E-state index is 6.09. The second-order valence-electron chi connectivity index (χ2n) is 3.87. The van der Waals surface area contributed by atoms with Gasteiger partial charge in [-0.3, -0.25) is 4.90 Å². The fourth-order valence-corrected chi connectivity index (χ4v) is 2.43. The molecule has 1 aromatic heterocycles. The van der Waals surface area contributed by atoms with Crippen LogP contribution in [0.4, 0.5) is 0 Å². The zero-order chi connectivity index (χ0) is 10.1. The Balaban J connectivity index is 2.22. The molecule has 0 radical (unpaired) electrons. The molecule has 0 amide bonds. The van der Waals surface area contributed by atoms with E-state index in [9.17, 15) is 0 Å². The molecule has 1 fully saturated rings. The summed E-state index contributed by atoms with van der Waals surface area (Å²) in [6.45, 7) is 1.09. The molecule has 2 rings (SSSR count). The van der Waals surface area contributed by atoms with E-state index in [1.54, 1.807) is 0 Å². The van der Waals surface area contributed by atoms with Crippen LogP contribution in [0, 0.1) is 0 Å². The third-order valence-electron chi connectivity index (χ3n) is 2.81. The average molecular weight is 259 g/mol. The molecular formula is C10H15BrN2O. The summed E-state index contributed by atoms with van der Waals surface area (Å²) >= 11 is 3.31. The van der Waals surface area contributed by atoms with Gasteiger partial charge in [0.2, 0.25) is 0 Å². The van der Waals surface area contributed by atoms with Gasteiger partial charge in [-0.05, 0) is 54.5 Å². The highest BCUT2D eigenvalue weighted by atomic mass is 79.9. The number of furan rings is 1. The van der Waals surface area contributed by atoms with E-state index >= 15 is 0 Å². The molecule has 14 heavy (non-hydrogen) atoms. The van der Waals surface area contributed by atoms with Gasteiger partial charge in [-0.2, -0.15) is 0 Å². The summed E-state index contributed by atoms with van der Waals surface area (Å²) in [5, 5.41) is 0. The van der Waals surface area contributed by atoms with Crippen LogP contribution in [0.1, 0.15) is 24.6 Å². The smallest absolute Gasteiger partial charge is 0.169 e. The van der Waals surface area contributed by atoms with Crippen molar-refractivity contribution < 1.29 is 4.42 Å². The largest absolute Gasteiger partial charge is 0.453 e. The standard InChI is InChI=1S/C10H15BrN2O/c1-13-6-2-3-7(12)10(13)8-4-5-9(11)14-8/h4-5,7,10H,2-3,6,12H2,1H3. The first-order valence-corrected chi connectivity index (χ1v) is 5.69.